The van der Waals surface area contributed by atoms with Crippen LogP contribution < -0.4 is 0 Å². The fraction of sp³-hybridized carbons (Fsp3) is 0.812. The van der Waals surface area contributed by atoms with Crippen LogP contribution in [0.4, 0.5) is 22.0 Å². The van der Waals surface area contributed by atoms with Crippen LogP contribution in [0.2, 0.25) is 0 Å². The number of alkyl halides is 5. The summed E-state index contributed by atoms with van der Waals surface area (Å²) in [5, 5.41) is 9.30. The van der Waals surface area contributed by atoms with E-state index in [4.69, 9.17) is 4.74 Å². The highest BCUT2D eigenvalue weighted by atomic mass is 19.4. The topological polar surface area (TPSA) is 46.5 Å². The molecule has 0 amide bonds. The molecule has 3 fully saturated rings. The van der Waals surface area contributed by atoms with Gasteiger partial charge in [0.2, 0.25) is 6.10 Å². The highest BCUT2D eigenvalue weighted by Crippen LogP contribution is 2.67. The van der Waals surface area contributed by atoms with E-state index in [1.165, 1.54) is 0 Å². The Bertz CT molecular complexity index is 546. The molecule has 0 aliphatic heterocycles. The maximum Gasteiger partial charge on any atom is 0.420 e. The first-order chi connectivity index (χ1) is 11.0. The van der Waals surface area contributed by atoms with Crippen LogP contribution in [0.3, 0.4) is 0 Å². The second-order valence-corrected chi connectivity index (χ2v) is 7.15. The van der Waals surface area contributed by atoms with Crippen molar-refractivity contribution >= 4 is 5.97 Å². The van der Waals surface area contributed by atoms with Gasteiger partial charge < -0.3 is 9.84 Å². The molecule has 6 unspecified atom stereocenters. The molecule has 0 radical (unpaired) electrons. The molecule has 0 saturated heterocycles. The number of hydrogen-bond acceptors (Lipinski definition) is 3. The fourth-order valence-corrected chi connectivity index (χ4v) is 5.32. The molecule has 0 aromatic rings. The third-order valence-corrected chi connectivity index (χ3v) is 6.14. The van der Waals surface area contributed by atoms with Gasteiger partial charge in [0.15, 0.2) is 5.60 Å². The molecule has 2 bridgehead atoms. The molecule has 3 aliphatic carbocycles. The number of rotatable bonds is 4. The van der Waals surface area contributed by atoms with E-state index < -0.39 is 35.7 Å². The van der Waals surface area contributed by atoms with E-state index >= 15 is 0 Å². The maximum absolute atomic E-state index is 14.8. The molecular weight excluding hydrogens is 335 g/mol. The molecule has 136 valence electrons. The Morgan fingerprint density at radius 3 is 2.46 bits per heavy atom. The number of fused-ring (bicyclic) bond motifs is 5. The molecule has 24 heavy (non-hydrogen) atoms. The summed E-state index contributed by atoms with van der Waals surface area (Å²) < 4.78 is 72.9. The Kier molecular flexibility index (Phi) is 3.97. The van der Waals surface area contributed by atoms with Crippen LogP contribution in [-0.4, -0.2) is 34.9 Å². The van der Waals surface area contributed by atoms with Gasteiger partial charge in [-0.2, -0.15) is 22.0 Å². The molecule has 0 heterocycles. The van der Waals surface area contributed by atoms with E-state index in [0.29, 0.717) is 18.9 Å². The highest BCUT2D eigenvalue weighted by Gasteiger charge is 2.76. The van der Waals surface area contributed by atoms with E-state index in [0.717, 1.165) is 12.8 Å². The molecule has 3 aliphatic rings. The van der Waals surface area contributed by atoms with Crippen molar-refractivity contribution in [1.82, 2.24) is 0 Å². The van der Waals surface area contributed by atoms with E-state index in [9.17, 15) is 31.9 Å². The number of aliphatic hydroxyl groups is 1. The lowest BCUT2D eigenvalue weighted by Crippen LogP contribution is -2.65. The molecule has 3 saturated carbocycles. The Morgan fingerprint density at radius 2 is 1.88 bits per heavy atom. The molecule has 0 aromatic carbocycles. The van der Waals surface area contributed by atoms with Gasteiger partial charge in [-0.15, -0.1) is 0 Å². The average molecular weight is 354 g/mol. The van der Waals surface area contributed by atoms with E-state index in [-0.39, 0.29) is 24.2 Å². The van der Waals surface area contributed by atoms with E-state index in [1.807, 2.05) is 0 Å². The summed E-state index contributed by atoms with van der Waals surface area (Å²) in [7, 11) is 0. The zero-order chi connectivity index (χ0) is 17.9. The average Bonchev–Trinajstić information content (AvgIpc) is 3.16. The Hall–Kier alpha value is -1.18. The lowest BCUT2D eigenvalue weighted by atomic mass is 9.68. The maximum atomic E-state index is 14.8. The minimum Gasteiger partial charge on any atom is -0.449 e. The molecule has 0 aromatic heterocycles. The standard InChI is InChI=1S/C16H19F5O3/c1-2-12(22)24-14(15(17,18)13(23)16(19,20)21)7-8-6-11(14)10-5-3-4-9(8)10/h2,8-11,13,23H,1,3-7H2. The number of carbonyl (C=O) groups is 1. The predicted molar refractivity (Wildman–Crippen MR) is 73.1 cm³/mol. The number of carbonyl (C=O) groups excluding carboxylic acids is 1. The van der Waals surface area contributed by atoms with Crippen LogP contribution in [0.25, 0.3) is 0 Å². The SMILES string of the molecule is C=CC(=O)OC1(C(F)(F)C(O)C(F)(F)F)CC2CC1C1CCCC21. The predicted octanol–water partition coefficient (Wildman–Crippen LogP) is 3.47. The van der Waals surface area contributed by atoms with Gasteiger partial charge in [-0.05, 0) is 43.4 Å². The fourth-order valence-electron chi connectivity index (χ4n) is 5.32. The first-order valence-electron chi connectivity index (χ1n) is 8.02. The summed E-state index contributed by atoms with van der Waals surface area (Å²) in [5.74, 6) is -6.86. The van der Waals surface area contributed by atoms with Crippen molar-refractivity contribution in [2.45, 2.75) is 55.9 Å². The second-order valence-electron chi connectivity index (χ2n) is 7.15. The lowest BCUT2D eigenvalue weighted by molar-refractivity contribution is -0.326. The van der Waals surface area contributed by atoms with Gasteiger partial charge in [-0.1, -0.05) is 13.0 Å². The van der Waals surface area contributed by atoms with Gasteiger partial charge in [-0.3, -0.25) is 0 Å². The summed E-state index contributed by atoms with van der Waals surface area (Å²) >= 11 is 0. The summed E-state index contributed by atoms with van der Waals surface area (Å²) in [6.07, 6.45) is -6.42. The van der Waals surface area contributed by atoms with Gasteiger partial charge in [0.1, 0.15) is 0 Å². The van der Waals surface area contributed by atoms with Crippen molar-refractivity contribution in [3.8, 4) is 0 Å². The third kappa shape index (κ3) is 2.29. The molecular formula is C16H19F5O3. The molecule has 3 nitrogen and oxygen atoms in total. The Labute approximate surface area is 135 Å². The monoisotopic (exact) mass is 354 g/mol. The Morgan fingerprint density at radius 1 is 1.25 bits per heavy atom. The molecule has 0 spiro atoms. The van der Waals surface area contributed by atoms with Crippen LogP contribution in [0.5, 0.6) is 0 Å². The molecule has 1 N–H and O–H groups in total. The van der Waals surface area contributed by atoms with E-state index in [1.54, 1.807) is 0 Å². The number of hydrogen-bond donors (Lipinski definition) is 1. The van der Waals surface area contributed by atoms with Crippen LogP contribution in [0, 0.1) is 23.7 Å². The van der Waals surface area contributed by atoms with Crippen molar-refractivity contribution in [2.75, 3.05) is 0 Å². The van der Waals surface area contributed by atoms with Crippen LogP contribution in [-0.2, 0) is 9.53 Å². The number of ether oxygens (including phenoxy) is 1. The summed E-state index contributed by atoms with van der Waals surface area (Å²) in [6.45, 7) is 3.13. The first kappa shape index (κ1) is 17.6. The molecule has 6 atom stereocenters. The summed E-state index contributed by atoms with van der Waals surface area (Å²) in [5.41, 5.74) is -2.62. The summed E-state index contributed by atoms with van der Waals surface area (Å²) in [6, 6.07) is 0. The van der Waals surface area contributed by atoms with Gasteiger partial charge in [0, 0.05) is 12.0 Å². The third-order valence-electron chi connectivity index (χ3n) is 6.14. The van der Waals surface area contributed by atoms with Gasteiger partial charge >= 0.3 is 18.1 Å². The van der Waals surface area contributed by atoms with E-state index in [2.05, 4.69) is 6.58 Å². The highest BCUT2D eigenvalue weighted by molar-refractivity contribution is 5.81. The zero-order valence-corrected chi connectivity index (χ0v) is 12.9. The summed E-state index contributed by atoms with van der Waals surface area (Å²) in [4.78, 5) is 11.6. The quantitative estimate of drug-likeness (QED) is 0.478. The van der Waals surface area contributed by atoms with Crippen LogP contribution in [0.15, 0.2) is 12.7 Å². The van der Waals surface area contributed by atoms with Crippen LogP contribution >= 0.6 is 0 Å². The lowest BCUT2D eigenvalue weighted by Gasteiger charge is -2.47. The minimum absolute atomic E-state index is 0.187. The number of halogens is 5. The largest absolute Gasteiger partial charge is 0.449 e. The van der Waals surface area contributed by atoms with Gasteiger partial charge in [0.05, 0.1) is 0 Å². The first-order valence-corrected chi connectivity index (χ1v) is 8.02. The van der Waals surface area contributed by atoms with Crippen molar-refractivity contribution < 1.29 is 36.6 Å². The van der Waals surface area contributed by atoms with Crippen molar-refractivity contribution in [3.05, 3.63) is 12.7 Å². The normalized spacial score (nSPS) is 39.6. The van der Waals surface area contributed by atoms with Crippen molar-refractivity contribution in [2.24, 2.45) is 23.7 Å². The van der Waals surface area contributed by atoms with Crippen molar-refractivity contribution in [1.29, 1.82) is 0 Å². The smallest absolute Gasteiger partial charge is 0.420 e. The number of esters is 1. The molecule has 8 heteroatoms. The molecule has 3 rings (SSSR count). The zero-order valence-electron chi connectivity index (χ0n) is 12.9. The van der Waals surface area contributed by atoms with Crippen LogP contribution in [0.1, 0.15) is 32.1 Å². The van der Waals surface area contributed by atoms with Gasteiger partial charge in [-0.25, -0.2) is 4.79 Å². The second kappa shape index (κ2) is 5.41. The van der Waals surface area contributed by atoms with Crippen molar-refractivity contribution in [3.63, 3.8) is 0 Å². The Balaban J connectivity index is 2.02. The number of aliphatic hydroxyl groups excluding tert-OH is 1. The minimum atomic E-state index is -5.51. The van der Waals surface area contributed by atoms with Gasteiger partial charge in [0.25, 0.3) is 0 Å².